The van der Waals surface area contributed by atoms with E-state index in [4.69, 9.17) is 0 Å². The van der Waals surface area contributed by atoms with Crippen molar-refractivity contribution < 1.29 is 9.59 Å². The fraction of sp³-hybridized carbons (Fsp3) is 0.222. The Labute approximate surface area is 130 Å². The number of carbonyl (C=O) groups excluding carboxylic acids is 2. The van der Waals surface area contributed by atoms with Crippen LogP contribution in [0.1, 0.15) is 23.1 Å². The van der Waals surface area contributed by atoms with E-state index in [0.717, 1.165) is 11.1 Å². The van der Waals surface area contributed by atoms with Crippen molar-refractivity contribution in [3.05, 3.63) is 65.2 Å². The number of hydrogen-bond donors (Lipinski definition) is 2. The van der Waals surface area contributed by atoms with Crippen LogP contribution in [0.25, 0.3) is 0 Å². The van der Waals surface area contributed by atoms with Gasteiger partial charge in [-0.3, -0.25) is 9.59 Å². The van der Waals surface area contributed by atoms with E-state index in [1.807, 2.05) is 62.4 Å². The summed E-state index contributed by atoms with van der Waals surface area (Å²) in [6.45, 7) is 4.42. The van der Waals surface area contributed by atoms with E-state index >= 15 is 0 Å². The largest absolute Gasteiger partial charge is 0.352 e. The second-order valence-corrected chi connectivity index (χ2v) is 5.29. The van der Waals surface area contributed by atoms with Gasteiger partial charge in [0.1, 0.15) is 6.42 Å². The van der Waals surface area contributed by atoms with Gasteiger partial charge in [-0.15, -0.1) is 0 Å². The number of hydrogen-bond acceptors (Lipinski definition) is 2. The van der Waals surface area contributed by atoms with Crippen LogP contribution in [0.15, 0.2) is 48.5 Å². The molecule has 0 aliphatic rings. The van der Waals surface area contributed by atoms with Crippen LogP contribution in [0.2, 0.25) is 0 Å². The maximum Gasteiger partial charge on any atom is 0.233 e. The zero-order valence-corrected chi connectivity index (χ0v) is 12.8. The molecular weight excluding hydrogens is 276 g/mol. The minimum Gasteiger partial charge on any atom is -0.352 e. The summed E-state index contributed by atoms with van der Waals surface area (Å²) in [6.07, 6.45) is -0.181. The Morgan fingerprint density at radius 2 is 1.64 bits per heavy atom. The Hall–Kier alpha value is -2.62. The van der Waals surface area contributed by atoms with Gasteiger partial charge in [0.25, 0.3) is 0 Å². The summed E-state index contributed by atoms with van der Waals surface area (Å²) in [7, 11) is 0. The number of carbonyl (C=O) groups is 2. The average Bonchev–Trinajstić information content (AvgIpc) is 2.50. The molecule has 0 fully saturated rings. The van der Waals surface area contributed by atoms with E-state index in [1.54, 1.807) is 0 Å². The van der Waals surface area contributed by atoms with Gasteiger partial charge in [-0.2, -0.15) is 0 Å². The molecule has 4 nitrogen and oxygen atoms in total. The van der Waals surface area contributed by atoms with Crippen molar-refractivity contribution in [2.45, 2.75) is 26.8 Å². The van der Waals surface area contributed by atoms with E-state index in [9.17, 15) is 9.59 Å². The Morgan fingerprint density at radius 3 is 2.32 bits per heavy atom. The third-order valence-electron chi connectivity index (χ3n) is 3.44. The van der Waals surface area contributed by atoms with E-state index < -0.39 is 0 Å². The minimum absolute atomic E-state index is 0.181. The molecule has 114 valence electrons. The lowest BCUT2D eigenvalue weighted by Gasteiger charge is -2.08. The lowest BCUT2D eigenvalue weighted by molar-refractivity contribution is -0.126. The first kappa shape index (κ1) is 15.8. The predicted molar refractivity (Wildman–Crippen MR) is 87.5 cm³/mol. The molecule has 2 aromatic rings. The predicted octanol–water partition coefficient (Wildman–Crippen LogP) is 2.95. The van der Waals surface area contributed by atoms with Gasteiger partial charge in [0, 0.05) is 12.2 Å². The number of benzene rings is 2. The summed E-state index contributed by atoms with van der Waals surface area (Å²) < 4.78 is 0. The van der Waals surface area contributed by atoms with Crippen molar-refractivity contribution in [1.82, 2.24) is 5.32 Å². The average molecular weight is 296 g/mol. The van der Waals surface area contributed by atoms with Crippen LogP contribution in [0, 0.1) is 13.8 Å². The van der Waals surface area contributed by atoms with Crippen LogP contribution in [-0.2, 0) is 16.1 Å². The van der Waals surface area contributed by atoms with Crippen LogP contribution in [0.5, 0.6) is 0 Å². The first-order valence-corrected chi connectivity index (χ1v) is 7.22. The van der Waals surface area contributed by atoms with Gasteiger partial charge < -0.3 is 10.6 Å². The SMILES string of the molecule is Cc1ccc(NC(=O)CC(=O)NCc2ccccc2)cc1C. The maximum atomic E-state index is 11.9. The Balaban J connectivity index is 1.81. The van der Waals surface area contributed by atoms with Crippen LogP contribution < -0.4 is 10.6 Å². The van der Waals surface area contributed by atoms with Crippen molar-refractivity contribution in [3.63, 3.8) is 0 Å². The van der Waals surface area contributed by atoms with E-state index in [-0.39, 0.29) is 18.2 Å². The van der Waals surface area contributed by atoms with Crippen LogP contribution >= 0.6 is 0 Å². The molecule has 0 unspecified atom stereocenters. The quantitative estimate of drug-likeness (QED) is 0.833. The minimum atomic E-state index is -0.311. The third kappa shape index (κ3) is 4.74. The molecule has 0 atom stereocenters. The second kappa shape index (κ2) is 7.41. The van der Waals surface area contributed by atoms with E-state index in [2.05, 4.69) is 10.6 Å². The highest BCUT2D eigenvalue weighted by molar-refractivity contribution is 6.03. The Bertz CT molecular complexity index is 666. The zero-order chi connectivity index (χ0) is 15.9. The first-order chi connectivity index (χ1) is 10.5. The highest BCUT2D eigenvalue weighted by atomic mass is 16.2. The summed E-state index contributed by atoms with van der Waals surface area (Å²) >= 11 is 0. The Morgan fingerprint density at radius 1 is 0.909 bits per heavy atom. The van der Waals surface area contributed by atoms with Gasteiger partial charge in [0.05, 0.1) is 0 Å². The molecular formula is C18H20N2O2. The molecule has 0 spiro atoms. The topological polar surface area (TPSA) is 58.2 Å². The van der Waals surface area contributed by atoms with Gasteiger partial charge in [-0.1, -0.05) is 36.4 Å². The molecule has 0 saturated carbocycles. The molecule has 2 N–H and O–H groups in total. The van der Waals surface area contributed by atoms with Gasteiger partial charge >= 0.3 is 0 Å². The molecule has 0 aromatic heterocycles. The van der Waals surface area contributed by atoms with Crippen LogP contribution in [-0.4, -0.2) is 11.8 Å². The highest BCUT2D eigenvalue weighted by Gasteiger charge is 2.09. The molecule has 2 aromatic carbocycles. The highest BCUT2D eigenvalue weighted by Crippen LogP contribution is 2.14. The van der Waals surface area contributed by atoms with Crippen molar-refractivity contribution in [2.24, 2.45) is 0 Å². The molecule has 0 aliphatic carbocycles. The summed E-state index contributed by atoms with van der Waals surface area (Å²) in [5.41, 5.74) is 3.99. The number of rotatable bonds is 5. The summed E-state index contributed by atoms with van der Waals surface area (Å²) in [5, 5.41) is 5.48. The van der Waals surface area contributed by atoms with Crippen molar-refractivity contribution in [2.75, 3.05) is 5.32 Å². The molecule has 2 amide bonds. The van der Waals surface area contributed by atoms with Crippen molar-refractivity contribution >= 4 is 17.5 Å². The fourth-order valence-corrected chi connectivity index (χ4v) is 2.03. The second-order valence-electron chi connectivity index (χ2n) is 5.29. The van der Waals surface area contributed by atoms with E-state index in [0.29, 0.717) is 12.2 Å². The summed E-state index contributed by atoms with van der Waals surface area (Å²) in [5.74, 6) is -0.598. The molecule has 0 saturated heterocycles. The lowest BCUT2D eigenvalue weighted by atomic mass is 10.1. The van der Waals surface area contributed by atoms with Gasteiger partial charge in [-0.25, -0.2) is 0 Å². The monoisotopic (exact) mass is 296 g/mol. The number of aryl methyl sites for hydroxylation is 2. The molecule has 22 heavy (non-hydrogen) atoms. The van der Waals surface area contributed by atoms with Gasteiger partial charge in [0.2, 0.25) is 11.8 Å². The molecule has 2 rings (SSSR count). The van der Waals surface area contributed by atoms with E-state index in [1.165, 1.54) is 5.56 Å². The number of nitrogens with one attached hydrogen (secondary N) is 2. The number of anilines is 1. The normalized spacial score (nSPS) is 10.1. The van der Waals surface area contributed by atoms with Gasteiger partial charge in [0.15, 0.2) is 0 Å². The number of amides is 2. The van der Waals surface area contributed by atoms with Crippen LogP contribution in [0.3, 0.4) is 0 Å². The van der Waals surface area contributed by atoms with Crippen molar-refractivity contribution in [1.29, 1.82) is 0 Å². The third-order valence-corrected chi connectivity index (χ3v) is 3.44. The molecule has 0 aliphatic heterocycles. The first-order valence-electron chi connectivity index (χ1n) is 7.22. The van der Waals surface area contributed by atoms with Crippen molar-refractivity contribution in [3.8, 4) is 0 Å². The molecule has 4 heteroatoms. The zero-order valence-electron chi connectivity index (χ0n) is 12.8. The fourth-order valence-electron chi connectivity index (χ4n) is 2.03. The molecule has 0 radical (unpaired) electrons. The maximum absolute atomic E-state index is 11.9. The lowest BCUT2D eigenvalue weighted by Crippen LogP contribution is -2.27. The smallest absolute Gasteiger partial charge is 0.233 e. The van der Waals surface area contributed by atoms with Crippen LogP contribution in [0.4, 0.5) is 5.69 Å². The summed E-state index contributed by atoms with van der Waals surface area (Å²) in [6, 6.07) is 15.3. The molecule has 0 bridgehead atoms. The Kier molecular flexibility index (Phi) is 5.31. The standard InChI is InChI=1S/C18H20N2O2/c1-13-8-9-16(10-14(13)2)20-18(22)11-17(21)19-12-15-6-4-3-5-7-15/h3-10H,11-12H2,1-2H3,(H,19,21)(H,20,22). The van der Waals surface area contributed by atoms with Gasteiger partial charge in [-0.05, 0) is 42.7 Å². The summed E-state index contributed by atoms with van der Waals surface area (Å²) in [4.78, 5) is 23.6. The molecule has 0 heterocycles.